The molecule has 0 radical (unpaired) electrons. The van der Waals surface area contributed by atoms with Gasteiger partial charge in [0.05, 0.1) is 24.5 Å². The van der Waals surface area contributed by atoms with Gasteiger partial charge >= 0.3 is 0 Å². The molecular formula is C23H24ClFN4O2. The first kappa shape index (κ1) is 21.3. The monoisotopic (exact) mass is 442 g/mol. The Morgan fingerprint density at radius 1 is 1.26 bits per heavy atom. The van der Waals surface area contributed by atoms with Gasteiger partial charge in [0.1, 0.15) is 11.6 Å². The summed E-state index contributed by atoms with van der Waals surface area (Å²) in [6, 6.07) is 15.5. The lowest BCUT2D eigenvalue weighted by Gasteiger charge is -2.15. The Bertz CT molecular complexity index is 1020. The molecule has 0 saturated carbocycles. The number of nitrogens with one attached hydrogen (secondary N) is 2. The van der Waals surface area contributed by atoms with Crippen molar-refractivity contribution in [2.45, 2.75) is 18.8 Å². The Morgan fingerprint density at radius 2 is 2.06 bits per heavy atom. The molecule has 1 amide bonds. The number of H-pyrrole nitrogens is 1. The molecule has 2 N–H and O–H groups in total. The number of rotatable bonds is 8. The van der Waals surface area contributed by atoms with Gasteiger partial charge in [0.25, 0.3) is 0 Å². The largest absolute Gasteiger partial charge is 0.493 e. The molecular weight excluding hydrogens is 419 g/mol. The molecule has 4 rings (SSSR count). The molecule has 1 atom stereocenters. The second-order valence-electron chi connectivity index (χ2n) is 7.62. The quantitative estimate of drug-likeness (QED) is 0.547. The zero-order chi connectivity index (χ0) is 21.6. The molecule has 3 aromatic rings. The van der Waals surface area contributed by atoms with Crippen molar-refractivity contribution in [3.8, 4) is 5.75 Å². The van der Waals surface area contributed by atoms with Gasteiger partial charge in [-0.05, 0) is 55.4 Å². The first-order valence-corrected chi connectivity index (χ1v) is 10.6. The Labute approximate surface area is 185 Å². The van der Waals surface area contributed by atoms with E-state index in [1.807, 2.05) is 12.1 Å². The summed E-state index contributed by atoms with van der Waals surface area (Å²) in [7, 11) is 0. The number of amides is 1. The predicted molar refractivity (Wildman–Crippen MR) is 118 cm³/mol. The minimum atomic E-state index is -0.431. The normalized spacial score (nSPS) is 16.4. The van der Waals surface area contributed by atoms with Crippen LogP contribution in [-0.2, 0) is 11.2 Å². The number of halogens is 2. The van der Waals surface area contributed by atoms with E-state index in [-0.39, 0.29) is 24.1 Å². The van der Waals surface area contributed by atoms with Gasteiger partial charge in [-0.1, -0.05) is 23.7 Å². The van der Waals surface area contributed by atoms with Crippen molar-refractivity contribution in [1.29, 1.82) is 0 Å². The zero-order valence-corrected chi connectivity index (χ0v) is 17.7. The lowest BCUT2D eigenvalue weighted by atomic mass is 10.0. The molecule has 31 heavy (non-hydrogen) atoms. The fraction of sp³-hybridized carbons (Fsp3) is 0.304. The van der Waals surface area contributed by atoms with Crippen LogP contribution in [-0.4, -0.2) is 47.2 Å². The third kappa shape index (κ3) is 5.83. The molecule has 1 fully saturated rings. The number of aromatic amines is 1. The molecule has 6 nitrogen and oxygen atoms in total. The van der Waals surface area contributed by atoms with Crippen LogP contribution < -0.4 is 10.1 Å². The molecule has 0 spiro atoms. The van der Waals surface area contributed by atoms with Crippen LogP contribution >= 0.6 is 11.6 Å². The number of hydrogen-bond donors (Lipinski definition) is 2. The van der Waals surface area contributed by atoms with Gasteiger partial charge in [0, 0.05) is 29.6 Å². The van der Waals surface area contributed by atoms with Crippen molar-refractivity contribution >= 4 is 23.2 Å². The summed E-state index contributed by atoms with van der Waals surface area (Å²) in [5.41, 5.74) is 2.22. The highest BCUT2D eigenvalue weighted by molar-refractivity contribution is 6.30. The van der Waals surface area contributed by atoms with Crippen molar-refractivity contribution in [3.63, 3.8) is 0 Å². The first-order valence-electron chi connectivity index (χ1n) is 10.3. The van der Waals surface area contributed by atoms with Crippen LogP contribution in [0.5, 0.6) is 5.75 Å². The maximum atomic E-state index is 13.7. The number of hydrogen-bond acceptors (Lipinski definition) is 4. The smallest absolute Gasteiger partial charge is 0.238 e. The molecule has 0 unspecified atom stereocenters. The van der Waals surface area contributed by atoms with Gasteiger partial charge in [-0.3, -0.25) is 14.8 Å². The summed E-state index contributed by atoms with van der Waals surface area (Å²) in [5.74, 6) is 0.403. The summed E-state index contributed by atoms with van der Waals surface area (Å²) in [6.07, 6.45) is 1.65. The van der Waals surface area contributed by atoms with Gasteiger partial charge in [-0.25, -0.2) is 4.39 Å². The summed E-state index contributed by atoms with van der Waals surface area (Å²) in [6.45, 7) is 2.32. The lowest BCUT2D eigenvalue weighted by Crippen LogP contribution is -2.31. The number of benzene rings is 2. The Kier molecular flexibility index (Phi) is 6.84. The highest BCUT2D eigenvalue weighted by Crippen LogP contribution is 2.26. The van der Waals surface area contributed by atoms with Crippen molar-refractivity contribution in [3.05, 3.63) is 76.8 Å². The summed E-state index contributed by atoms with van der Waals surface area (Å²) >= 11 is 5.88. The highest BCUT2D eigenvalue weighted by Gasteiger charge is 2.27. The number of carbonyl (C=O) groups is 1. The van der Waals surface area contributed by atoms with Gasteiger partial charge in [-0.15, -0.1) is 0 Å². The van der Waals surface area contributed by atoms with E-state index < -0.39 is 5.82 Å². The van der Waals surface area contributed by atoms with Gasteiger partial charge in [0.2, 0.25) is 5.91 Å². The number of anilines is 1. The van der Waals surface area contributed by atoms with Gasteiger partial charge < -0.3 is 10.1 Å². The minimum Gasteiger partial charge on any atom is -0.493 e. The molecule has 2 heterocycles. The fourth-order valence-electron chi connectivity index (χ4n) is 3.70. The second kappa shape index (κ2) is 9.94. The molecule has 1 aliphatic rings. The SMILES string of the molecule is O=C(CN1CC[C@@H](c2cc(CCOc3ccc(Cl)cc3)[nH]n2)C1)Nc1ccccc1F. The second-order valence-corrected chi connectivity index (χ2v) is 8.06. The number of likely N-dealkylation sites (tertiary alicyclic amines) is 1. The van der Waals surface area contributed by atoms with Gasteiger partial charge in [0.15, 0.2) is 0 Å². The van der Waals surface area contributed by atoms with Crippen molar-refractivity contribution < 1.29 is 13.9 Å². The van der Waals surface area contributed by atoms with E-state index in [0.29, 0.717) is 11.6 Å². The topological polar surface area (TPSA) is 70.2 Å². The molecule has 1 aromatic heterocycles. The highest BCUT2D eigenvalue weighted by atomic mass is 35.5. The summed E-state index contributed by atoms with van der Waals surface area (Å²) in [4.78, 5) is 14.3. The van der Waals surface area contributed by atoms with Crippen LogP contribution in [0.3, 0.4) is 0 Å². The number of para-hydroxylation sites is 1. The van der Waals surface area contributed by atoms with Crippen LogP contribution in [0.4, 0.5) is 10.1 Å². The Morgan fingerprint density at radius 3 is 2.87 bits per heavy atom. The van der Waals surface area contributed by atoms with Crippen molar-refractivity contribution in [2.24, 2.45) is 0 Å². The van der Waals surface area contributed by atoms with E-state index in [0.717, 1.165) is 43.1 Å². The van der Waals surface area contributed by atoms with Crippen LogP contribution in [0.1, 0.15) is 23.7 Å². The van der Waals surface area contributed by atoms with E-state index in [9.17, 15) is 9.18 Å². The maximum Gasteiger partial charge on any atom is 0.238 e. The standard InChI is InChI=1S/C23H24ClFN4O2/c24-17-5-7-19(8-6-17)31-12-10-18-13-22(28-27-18)16-9-11-29(14-16)15-23(30)26-21-4-2-1-3-20(21)25/h1-8,13,16H,9-12,14-15H2,(H,26,30)(H,27,28)/t16-/m1/s1. The average Bonchev–Trinajstić information content (AvgIpc) is 3.41. The van der Waals surface area contributed by atoms with E-state index in [4.69, 9.17) is 16.3 Å². The number of carbonyl (C=O) groups excluding carboxylic acids is 1. The van der Waals surface area contributed by atoms with Gasteiger partial charge in [-0.2, -0.15) is 5.10 Å². The fourth-order valence-corrected chi connectivity index (χ4v) is 3.83. The molecule has 0 aliphatic carbocycles. The van der Waals surface area contributed by atoms with Crippen LogP contribution in [0, 0.1) is 5.82 Å². The minimum absolute atomic E-state index is 0.209. The average molecular weight is 443 g/mol. The molecule has 162 valence electrons. The Hall–Kier alpha value is -2.90. The molecule has 1 aliphatic heterocycles. The third-order valence-corrected chi connectivity index (χ3v) is 5.56. The van der Waals surface area contributed by atoms with Crippen molar-refractivity contribution in [1.82, 2.24) is 15.1 Å². The number of aromatic nitrogens is 2. The molecule has 1 saturated heterocycles. The molecule has 2 aromatic carbocycles. The van der Waals surface area contributed by atoms with Crippen LogP contribution in [0.15, 0.2) is 54.6 Å². The van der Waals surface area contributed by atoms with E-state index in [2.05, 4.69) is 26.5 Å². The number of nitrogens with zero attached hydrogens (tertiary/aromatic N) is 2. The van der Waals surface area contributed by atoms with Crippen LogP contribution in [0.2, 0.25) is 5.02 Å². The van der Waals surface area contributed by atoms with E-state index in [1.54, 1.807) is 30.3 Å². The molecule has 0 bridgehead atoms. The van der Waals surface area contributed by atoms with E-state index >= 15 is 0 Å². The first-order chi connectivity index (χ1) is 15.1. The zero-order valence-electron chi connectivity index (χ0n) is 17.0. The maximum absolute atomic E-state index is 13.7. The molecule has 8 heteroatoms. The predicted octanol–water partition coefficient (Wildman–Crippen LogP) is 4.25. The summed E-state index contributed by atoms with van der Waals surface area (Å²) < 4.78 is 19.4. The lowest BCUT2D eigenvalue weighted by molar-refractivity contribution is -0.117. The number of ether oxygens (including phenoxy) is 1. The summed E-state index contributed by atoms with van der Waals surface area (Å²) in [5, 5.41) is 10.9. The Balaban J connectivity index is 1.23. The van der Waals surface area contributed by atoms with E-state index in [1.165, 1.54) is 6.07 Å². The van der Waals surface area contributed by atoms with Crippen molar-refractivity contribution in [2.75, 3.05) is 31.6 Å². The third-order valence-electron chi connectivity index (χ3n) is 5.31. The van der Waals surface area contributed by atoms with Crippen LogP contribution in [0.25, 0.3) is 0 Å².